The maximum Gasteiger partial charge on any atom is -0.0383 e. The van der Waals surface area contributed by atoms with Crippen molar-refractivity contribution in [3.05, 3.63) is 0 Å². The first-order chi connectivity index (χ1) is 11.8. The van der Waals surface area contributed by atoms with Gasteiger partial charge in [-0.1, -0.05) is 71.6 Å². The molecule has 140 valence electrons. The van der Waals surface area contributed by atoms with Gasteiger partial charge in [-0.3, -0.25) is 0 Å². The van der Waals surface area contributed by atoms with Gasteiger partial charge in [-0.25, -0.2) is 0 Å². The molecule has 3 aliphatic rings. The van der Waals surface area contributed by atoms with E-state index >= 15 is 0 Å². The lowest BCUT2D eigenvalue weighted by Gasteiger charge is -2.41. The number of rotatable bonds is 6. The molecule has 0 aliphatic heterocycles. The van der Waals surface area contributed by atoms with Crippen molar-refractivity contribution in [2.24, 2.45) is 35.5 Å². The zero-order valence-corrected chi connectivity index (χ0v) is 16.8. The molecule has 0 radical (unpaired) electrons. The lowest BCUT2D eigenvalue weighted by molar-refractivity contribution is 0.0989. The molecule has 0 amide bonds. The largest absolute Gasteiger partial charge is 0.0654 e. The van der Waals surface area contributed by atoms with Crippen molar-refractivity contribution >= 4 is 0 Å². The van der Waals surface area contributed by atoms with E-state index in [0.29, 0.717) is 0 Å². The summed E-state index contributed by atoms with van der Waals surface area (Å²) in [5, 5.41) is 0. The molecule has 3 fully saturated rings. The fourth-order valence-corrected chi connectivity index (χ4v) is 6.67. The molecule has 0 aromatic rings. The minimum absolute atomic E-state index is 1.07. The van der Waals surface area contributed by atoms with Crippen LogP contribution in [0.1, 0.15) is 117 Å². The Morgan fingerprint density at radius 3 is 1.75 bits per heavy atom. The van der Waals surface area contributed by atoms with E-state index in [4.69, 9.17) is 0 Å². The maximum atomic E-state index is 2.40. The summed E-state index contributed by atoms with van der Waals surface area (Å²) in [4.78, 5) is 0. The number of unbranched alkanes of at least 4 members (excludes halogenated alkanes) is 1. The van der Waals surface area contributed by atoms with Crippen LogP contribution in [0.4, 0.5) is 0 Å². The summed E-state index contributed by atoms with van der Waals surface area (Å²) in [5.41, 5.74) is 0. The van der Waals surface area contributed by atoms with Gasteiger partial charge in [0.1, 0.15) is 0 Å². The molecule has 0 heterocycles. The van der Waals surface area contributed by atoms with E-state index in [9.17, 15) is 0 Å². The van der Waals surface area contributed by atoms with Crippen LogP contribution in [0, 0.1) is 35.5 Å². The summed E-state index contributed by atoms with van der Waals surface area (Å²) in [7, 11) is 0. The highest BCUT2D eigenvalue weighted by Gasteiger charge is 2.34. The summed E-state index contributed by atoms with van der Waals surface area (Å²) < 4.78 is 0. The average Bonchev–Trinajstić information content (AvgIpc) is 2.67. The molecule has 0 aromatic carbocycles. The van der Waals surface area contributed by atoms with E-state index in [-0.39, 0.29) is 0 Å². The Morgan fingerprint density at radius 1 is 0.583 bits per heavy atom. The topological polar surface area (TPSA) is 0 Å². The van der Waals surface area contributed by atoms with Gasteiger partial charge in [0.25, 0.3) is 0 Å². The molecule has 3 aliphatic carbocycles. The smallest absolute Gasteiger partial charge is 0.0383 e. The second kappa shape index (κ2) is 9.63. The SMILES string of the molecule is CCCCC1CCCC(C2CCC(C3CCC(CC)CC3)CC2)C1. The van der Waals surface area contributed by atoms with Crippen molar-refractivity contribution in [1.29, 1.82) is 0 Å². The van der Waals surface area contributed by atoms with Crippen LogP contribution in [-0.4, -0.2) is 0 Å². The first-order valence-electron chi connectivity index (χ1n) is 11.8. The van der Waals surface area contributed by atoms with Crippen LogP contribution in [0.25, 0.3) is 0 Å². The lowest BCUT2D eigenvalue weighted by Crippen LogP contribution is -2.30. The van der Waals surface area contributed by atoms with Crippen molar-refractivity contribution in [3.63, 3.8) is 0 Å². The Morgan fingerprint density at radius 2 is 1.17 bits per heavy atom. The summed E-state index contributed by atoms with van der Waals surface area (Å²) in [6.45, 7) is 4.75. The number of hydrogen-bond donors (Lipinski definition) is 0. The second-order valence-electron chi connectivity index (χ2n) is 9.80. The highest BCUT2D eigenvalue weighted by atomic mass is 14.4. The molecule has 0 aromatic heterocycles. The molecular formula is C24H44. The van der Waals surface area contributed by atoms with Crippen molar-refractivity contribution in [1.82, 2.24) is 0 Å². The van der Waals surface area contributed by atoms with Crippen LogP contribution < -0.4 is 0 Å². The van der Waals surface area contributed by atoms with Gasteiger partial charge in [0.15, 0.2) is 0 Å². The fraction of sp³-hybridized carbons (Fsp3) is 1.00. The summed E-state index contributed by atoms with van der Waals surface area (Å²) in [5.74, 6) is 6.59. The molecule has 0 heteroatoms. The normalized spacial score (nSPS) is 41.2. The van der Waals surface area contributed by atoms with Crippen LogP contribution in [0.3, 0.4) is 0 Å². The van der Waals surface area contributed by atoms with Gasteiger partial charge in [-0.15, -0.1) is 0 Å². The molecule has 24 heavy (non-hydrogen) atoms. The number of hydrogen-bond acceptors (Lipinski definition) is 0. The van der Waals surface area contributed by atoms with Crippen molar-refractivity contribution < 1.29 is 0 Å². The molecule has 0 bridgehead atoms. The molecule has 3 saturated carbocycles. The van der Waals surface area contributed by atoms with Gasteiger partial charge in [-0.2, -0.15) is 0 Å². The third-order valence-corrected chi connectivity index (χ3v) is 8.41. The van der Waals surface area contributed by atoms with Crippen molar-refractivity contribution in [2.75, 3.05) is 0 Å². The van der Waals surface area contributed by atoms with E-state index in [1.807, 2.05) is 0 Å². The Labute approximate surface area is 152 Å². The standard InChI is InChI=1S/C24H44/c1-3-5-7-20-8-6-9-24(18-20)23-16-14-22(15-17-23)21-12-10-19(4-2)11-13-21/h19-24H,3-18H2,1-2H3. The van der Waals surface area contributed by atoms with Crippen molar-refractivity contribution in [2.45, 2.75) is 117 Å². The van der Waals surface area contributed by atoms with Crippen LogP contribution >= 0.6 is 0 Å². The summed E-state index contributed by atoms with van der Waals surface area (Å²) in [6.07, 6.45) is 24.7. The van der Waals surface area contributed by atoms with Crippen LogP contribution in [-0.2, 0) is 0 Å². The minimum Gasteiger partial charge on any atom is -0.0654 e. The van der Waals surface area contributed by atoms with Gasteiger partial charge in [0.2, 0.25) is 0 Å². The Bertz CT molecular complexity index is 330. The van der Waals surface area contributed by atoms with E-state index < -0.39 is 0 Å². The molecule has 0 spiro atoms. The molecule has 0 nitrogen and oxygen atoms in total. The van der Waals surface area contributed by atoms with E-state index in [2.05, 4.69) is 13.8 Å². The molecular weight excluding hydrogens is 288 g/mol. The molecule has 3 rings (SSSR count). The lowest BCUT2D eigenvalue weighted by atomic mass is 9.64. The van der Waals surface area contributed by atoms with E-state index in [0.717, 1.165) is 35.5 Å². The van der Waals surface area contributed by atoms with Gasteiger partial charge in [-0.05, 0) is 80.5 Å². The van der Waals surface area contributed by atoms with Crippen LogP contribution in [0.5, 0.6) is 0 Å². The zero-order chi connectivity index (χ0) is 16.8. The Kier molecular flexibility index (Phi) is 7.54. The first kappa shape index (κ1) is 18.8. The predicted molar refractivity (Wildman–Crippen MR) is 106 cm³/mol. The van der Waals surface area contributed by atoms with E-state index in [1.54, 1.807) is 77.0 Å². The first-order valence-corrected chi connectivity index (χ1v) is 11.8. The van der Waals surface area contributed by atoms with Crippen molar-refractivity contribution in [3.8, 4) is 0 Å². The maximum absolute atomic E-state index is 2.40. The van der Waals surface area contributed by atoms with Gasteiger partial charge in [0, 0.05) is 0 Å². The molecule has 2 atom stereocenters. The highest BCUT2D eigenvalue weighted by Crippen LogP contribution is 2.46. The summed E-state index contributed by atoms with van der Waals surface area (Å²) in [6, 6.07) is 0. The molecule has 0 N–H and O–H groups in total. The second-order valence-corrected chi connectivity index (χ2v) is 9.80. The molecule has 0 saturated heterocycles. The predicted octanol–water partition coefficient (Wildman–Crippen LogP) is 8.01. The molecule has 2 unspecified atom stereocenters. The highest BCUT2D eigenvalue weighted by molar-refractivity contribution is 4.86. The zero-order valence-electron chi connectivity index (χ0n) is 16.8. The van der Waals surface area contributed by atoms with E-state index in [1.165, 1.54) is 25.7 Å². The average molecular weight is 333 g/mol. The van der Waals surface area contributed by atoms with Gasteiger partial charge < -0.3 is 0 Å². The monoisotopic (exact) mass is 332 g/mol. The van der Waals surface area contributed by atoms with Gasteiger partial charge >= 0.3 is 0 Å². The Hall–Kier alpha value is 0. The van der Waals surface area contributed by atoms with Gasteiger partial charge in [0.05, 0.1) is 0 Å². The van der Waals surface area contributed by atoms with Crippen LogP contribution in [0.15, 0.2) is 0 Å². The third-order valence-electron chi connectivity index (χ3n) is 8.41. The summed E-state index contributed by atoms with van der Waals surface area (Å²) >= 11 is 0. The quantitative estimate of drug-likeness (QED) is 0.462. The fourth-order valence-electron chi connectivity index (χ4n) is 6.67. The minimum atomic E-state index is 1.07. The third kappa shape index (κ3) is 5.01. The van der Waals surface area contributed by atoms with Crippen LogP contribution in [0.2, 0.25) is 0 Å². The Balaban J connectivity index is 1.40.